The first-order chi connectivity index (χ1) is 9.21. The van der Waals surface area contributed by atoms with Gasteiger partial charge in [0.05, 0.1) is 7.11 Å². The van der Waals surface area contributed by atoms with Crippen LogP contribution in [0, 0.1) is 0 Å². The summed E-state index contributed by atoms with van der Waals surface area (Å²) in [6.45, 7) is 4.45. The predicted molar refractivity (Wildman–Crippen MR) is 74.5 cm³/mol. The van der Waals surface area contributed by atoms with E-state index >= 15 is 0 Å². The number of hydrogen-bond acceptors (Lipinski definition) is 4. The molecule has 0 aliphatic carbocycles. The largest absolute Gasteiger partial charge is 0.493 e. The second kappa shape index (κ2) is 8.16. The molecule has 0 atom stereocenters. The van der Waals surface area contributed by atoms with Gasteiger partial charge in [-0.25, -0.2) is 0 Å². The number of rotatable bonds is 8. The molecule has 5 nitrogen and oxygen atoms in total. The second-order valence-electron chi connectivity index (χ2n) is 3.91. The molecular weight excluding hydrogens is 244 g/mol. The summed E-state index contributed by atoms with van der Waals surface area (Å²) < 4.78 is 10.6. The summed E-state index contributed by atoms with van der Waals surface area (Å²) in [5.41, 5.74) is 6.56. The Kier molecular flexibility index (Phi) is 6.46. The van der Waals surface area contributed by atoms with Gasteiger partial charge in [-0.2, -0.15) is 0 Å². The minimum Gasteiger partial charge on any atom is -0.493 e. The fraction of sp³-hybridized carbons (Fsp3) is 0.357. The van der Waals surface area contributed by atoms with Gasteiger partial charge in [0.1, 0.15) is 0 Å². The lowest BCUT2D eigenvalue weighted by atomic mass is 10.1. The van der Waals surface area contributed by atoms with Crippen LogP contribution in [-0.2, 0) is 11.2 Å². The maximum atomic E-state index is 11.4. The van der Waals surface area contributed by atoms with E-state index in [9.17, 15) is 4.79 Å². The van der Waals surface area contributed by atoms with Crippen LogP contribution in [0.4, 0.5) is 0 Å². The summed E-state index contributed by atoms with van der Waals surface area (Å²) in [4.78, 5) is 11.4. The molecule has 0 saturated carbocycles. The van der Waals surface area contributed by atoms with E-state index in [2.05, 4.69) is 11.9 Å². The van der Waals surface area contributed by atoms with Gasteiger partial charge in [0.2, 0.25) is 0 Å². The molecular formula is C14H20N2O3. The van der Waals surface area contributed by atoms with Crippen LogP contribution in [0.3, 0.4) is 0 Å². The Labute approximate surface area is 113 Å². The van der Waals surface area contributed by atoms with Crippen molar-refractivity contribution in [1.82, 2.24) is 5.32 Å². The first-order valence-electron chi connectivity index (χ1n) is 6.08. The topological polar surface area (TPSA) is 73.6 Å². The molecule has 1 aromatic carbocycles. The van der Waals surface area contributed by atoms with E-state index in [0.29, 0.717) is 24.6 Å². The Morgan fingerprint density at radius 2 is 2.26 bits per heavy atom. The quantitative estimate of drug-likeness (QED) is 0.684. The van der Waals surface area contributed by atoms with Crippen molar-refractivity contribution in [2.24, 2.45) is 5.73 Å². The number of carbonyl (C=O) groups excluding carboxylic acids is 1. The number of ether oxygens (including phenoxy) is 2. The molecule has 0 spiro atoms. The molecule has 0 aliphatic heterocycles. The van der Waals surface area contributed by atoms with E-state index in [0.717, 1.165) is 12.0 Å². The monoisotopic (exact) mass is 264 g/mol. The second-order valence-corrected chi connectivity index (χ2v) is 3.91. The molecule has 0 heterocycles. The van der Waals surface area contributed by atoms with Crippen LogP contribution < -0.4 is 20.5 Å². The third-order valence-corrected chi connectivity index (χ3v) is 2.46. The Bertz CT molecular complexity index is 433. The molecule has 1 amide bonds. The first kappa shape index (κ1) is 15.0. The number of hydrogen-bond donors (Lipinski definition) is 2. The van der Waals surface area contributed by atoms with E-state index in [1.165, 1.54) is 0 Å². The number of nitrogens with two attached hydrogens (primary N) is 1. The highest BCUT2D eigenvalue weighted by molar-refractivity contribution is 5.77. The van der Waals surface area contributed by atoms with Gasteiger partial charge in [0, 0.05) is 6.54 Å². The summed E-state index contributed by atoms with van der Waals surface area (Å²) in [6.07, 6.45) is 2.36. The average Bonchev–Trinajstić information content (AvgIpc) is 2.43. The highest BCUT2D eigenvalue weighted by Crippen LogP contribution is 2.28. The van der Waals surface area contributed by atoms with Gasteiger partial charge in [-0.15, -0.1) is 6.58 Å². The van der Waals surface area contributed by atoms with E-state index in [1.807, 2.05) is 18.2 Å². The number of carbonyl (C=O) groups is 1. The molecule has 0 radical (unpaired) electrons. The van der Waals surface area contributed by atoms with Crippen molar-refractivity contribution in [3.8, 4) is 11.5 Å². The maximum Gasteiger partial charge on any atom is 0.258 e. The van der Waals surface area contributed by atoms with Gasteiger partial charge >= 0.3 is 0 Å². The Morgan fingerprint density at radius 3 is 2.89 bits per heavy atom. The normalized spacial score (nSPS) is 9.79. The van der Waals surface area contributed by atoms with Crippen LogP contribution in [-0.4, -0.2) is 32.7 Å². The molecule has 0 saturated heterocycles. The van der Waals surface area contributed by atoms with Crippen molar-refractivity contribution in [2.75, 3.05) is 26.8 Å². The molecule has 3 N–H and O–H groups in total. The molecule has 0 fully saturated rings. The van der Waals surface area contributed by atoms with Crippen LogP contribution in [0.5, 0.6) is 11.5 Å². The van der Waals surface area contributed by atoms with Crippen molar-refractivity contribution >= 4 is 5.91 Å². The summed E-state index contributed by atoms with van der Waals surface area (Å²) in [7, 11) is 1.56. The lowest BCUT2D eigenvalue weighted by Crippen LogP contribution is -2.28. The summed E-state index contributed by atoms with van der Waals surface area (Å²) in [5, 5.41) is 2.64. The van der Waals surface area contributed by atoms with Crippen LogP contribution in [0.25, 0.3) is 0 Å². The van der Waals surface area contributed by atoms with Gasteiger partial charge in [-0.3, -0.25) is 4.79 Å². The third kappa shape index (κ3) is 5.01. The van der Waals surface area contributed by atoms with E-state index < -0.39 is 0 Å². The molecule has 1 rings (SSSR count). The lowest BCUT2D eigenvalue weighted by Gasteiger charge is -2.12. The first-order valence-corrected chi connectivity index (χ1v) is 6.08. The SMILES string of the molecule is C=CCNC(=O)COc1cc(CCN)ccc1OC. The molecule has 1 aromatic rings. The zero-order valence-electron chi connectivity index (χ0n) is 11.1. The van der Waals surface area contributed by atoms with Gasteiger partial charge in [0.15, 0.2) is 18.1 Å². The van der Waals surface area contributed by atoms with E-state index in [-0.39, 0.29) is 12.5 Å². The lowest BCUT2D eigenvalue weighted by molar-refractivity contribution is -0.122. The molecule has 104 valence electrons. The van der Waals surface area contributed by atoms with Crippen molar-refractivity contribution in [3.05, 3.63) is 36.4 Å². The van der Waals surface area contributed by atoms with Crippen LogP contribution in [0.1, 0.15) is 5.56 Å². The number of amides is 1. The van der Waals surface area contributed by atoms with Crippen LogP contribution >= 0.6 is 0 Å². The molecule has 19 heavy (non-hydrogen) atoms. The molecule has 0 bridgehead atoms. The Hall–Kier alpha value is -2.01. The van der Waals surface area contributed by atoms with Crippen molar-refractivity contribution < 1.29 is 14.3 Å². The third-order valence-electron chi connectivity index (χ3n) is 2.46. The van der Waals surface area contributed by atoms with Crippen molar-refractivity contribution in [3.63, 3.8) is 0 Å². The summed E-state index contributed by atoms with van der Waals surface area (Å²) in [5.74, 6) is 0.936. The molecule has 5 heteroatoms. The summed E-state index contributed by atoms with van der Waals surface area (Å²) in [6, 6.07) is 5.57. The number of methoxy groups -OCH3 is 1. The van der Waals surface area contributed by atoms with Gasteiger partial charge in [-0.05, 0) is 30.7 Å². The number of nitrogens with one attached hydrogen (secondary N) is 1. The van der Waals surface area contributed by atoms with Crippen LogP contribution in [0.2, 0.25) is 0 Å². The minimum atomic E-state index is -0.203. The zero-order chi connectivity index (χ0) is 14.1. The van der Waals surface area contributed by atoms with Crippen molar-refractivity contribution in [2.45, 2.75) is 6.42 Å². The van der Waals surface area contributed by atoms with E-state index in [4.69, 9.17) is 15.2 Å². The Morgan fingerprint density at radius 1 is 1.47 bits per heavy atom. The standard InChI is InChI=1S/C14H20N2O3/c1-3-8-16-14(17)10-19-13-9-11(6-7-15)4-5-12(13)18-2/h3-5,9H,1,6-8,10,15H2,2H3,(H,16,17). The molecule has 0 aromatic heterocycles. The number of benzene rings is 1. The predicted octanol–water partition coefficient (Wildman–Crippen LogP) is 0.877. The fourth-order valence-electron chi connectivity index (χ4n) is 1.54. The highest BCUT2D eigenvalue weighted by Gasteiger charge is 2.08. The van der Waals surface area contributed by atoms with Gasteiger partial charge in [0.25, 0.3) is 5.91 Å². The average molecular weight is 264 g/mol. The Balaban J connectivity index is 2.66. The fourth-order valence-corrected chi connectivity index (χ4v) is 1.54. The van der Waals surface area contributed by atoms with E-state index in [1.54, 1.807) is 13.2 Å². The van der Waals surface area contributed by atoms with Crippen molar-refractivity contribution in [1.29, 1.82) is 0 Å². The van der Waals surface area contributed by atoms with Gasteiger partial charge in [-0.1, -0.05) is 12.1 Å². The van der Waals surface area contributed by atoms with Gasteiger partial charge < -0.3 is 20.5 Å². The maximum absolute atomic E-state index is 11.4. The van der Waals surface area contributed by atoms with Crippen LogP contribution in [0.15, 0.2) is 30.9 Å². The minimum absolute atomic E-state index is 0.0592. The molecule has 0 aliphatic rings. The zero-order valence-corrected chi connectivity index (χ0v) is 11.1. The molecule has 0 unspecified atom stereocenters. The highest BCUT2D eigenvalue weighted by atomic mass is 16.5. The summed E-state index contributed by atoms with van der Waals surface area (Å²) >= 11 is 0. The smallest absolute Gasteiger partial charge is 0.258 e.